The number of rotatable bonds is 5. The van der Waals surface area contributed by atoms with Crippen LogP contribution in [0.2, 0.25) is 5.02 Å². The van der Waals surface area contributed by atoms with Crippen LogP contribution in [0.3, 0.4) is 0 Å². The Labute approximate surface area is 147 Å². The average Bonchev–Trinajstić information content (AvgIpc) is 2.91. The van der Waals surface area contributed by atoms with E-state index in [1.807, 2.05) is 18.2 Å². The molecule has 1 aliphatic heterocycles. The molecule has 0 aliphatic carbocycles. The molecule has 24 heavy (non-hydrogen) atoms. The van der Waals surface area contributed by atoms with Gasteiger partial charge in [-0.25, -0.2) is 0 Å². The quantitative estimate of drug-likeness (QED) is 0.825. The van der Waals surface area contributed by atoms with Crippen molar-refractivity contribution in [2.24, 2.45) is 0 Å². The maximum absolute atomic E-state index is 6.34. The number of anilines is 1. The van der Waals surface area contributed by atoms with Crippen molar-refractivity contribution in [3.8, 4) is 0 Å². The minimum atomic E-state index is 0.0919. The van der Waals surface area contributed by atoms with E-state index in [0.717, 1.165) is 43.3 Å². The van der Waals surface area contributed by atoms with Gasteiger partial charge in [0.1, 0.15) is 6.61 Å². The normalized spacial score (nSPS) is 17.7. The molecule has 0 unspecified atom stereocenters. The second-order valence-corrected chi connectivity index (χ2v) is 6.39. The van der Waals surface area contributed by atoms with Gasteiger partial charge in [-0.1, -0.05) is 28.9 Å². The highest BCUT2D eigenvalue weighted by Crippen LogP contribution is 2.27. The van der Waals surface area contributed by atoms with Crippen LogP contribution in [0.5, 0.6) is 0 Å². The summed E-state index contributed by atoms with van der Waals surface area (Å²) in [4.78, 5) is 9.14. The van der Waals surface area contributed by atoms with Crippen LogP contribution in [0.1, 0.15) is 31.1 Å². The molecule has 1 atom stereocenters. The largest absolute Gasteiger partial charge is 0.377 e. The molecule has 0 amide bonds. The fourth-order valence-corrected chi connectivity index (χ4v) is 3.31. The summed E-state index contributed by atoms with van der Waals surface area (Å²) in [6.45, 7) is 6.31. The molecular weight excluding hydrogens is 328 g/mol. The number of methoxy groups -OCH3 is 1. The first-order valence-electron chi connectivity index (χ1n) is 8.24. The molecule has 1 aromatic carbocycles. The number of halogens is 1. The third-order valence-corrected chi connectivity index (χ3v) is 4.71. The molecule has 1 aliphatic rings. The van der Waals surface area contributed by atoms with Crippen LogP contribution in [0.15, 0.2) is 28.8 Å². The van der Waals surface area contributed by atoms with Crippen LogP contribution in [-0.2, 0) is 11.3 Å². The zero-order valence-corrected chi connectivity index (χ0v) is 14.9. The Hall–Kier alpha value is -1.63. The van der Waals surface area contributed by atoms with Gasteiger partial charge in [0.05, 0.1) is 16.8 Å². The van der Waals surface area contributed by atoms with Crippen LogP contribution in [0.25, 0.3) is 0 Å². The summed E-state index contributed by atoms with van der Waals surface area (Å²) >= 11 is 6.34. The monoisotopic (exact) mass is 350 g/mol. The predicted octanol–water partition coefficient (Wildman–Crippen LogP) is 3.14. The first-order valence-corrected chi connectivity index (χ1v) is 8.62. The Balaban J connectivity index is 1.65. The topological polar surface area (TPSA) is 54.6 Å². The molecule has 1 saturated heterocycles. The van der Waals surface area contributed by atoms with Gasteiger partial charge in [0.15, 0.2) is 5.82 Å². The third kappa shape index (κ3) is 3.88. The van der Waals surface area contributed by atoms with Crippen molar-refractivity contribution in [1.82, 2.24) is 15.0 Å². The highest BCUT2D eigenvalue weighted by atomic mass is 35.5. The van der Waals surface area contributed by atoms with E-state index in [0.29, 0.717) is 18.3 Å². The van der Waals surface area contributed by atoms with Crippen LogP contribution < -0.4 is 4.90 Å². The predicted molar refractivity (Wildman–Crippen MR) is 93.3 cm³/mol. The Morgan fingerprint density at radius 2 is 2.08 bits per heavy atom. The Bertz CT molecular complexity index is 664. The maximum atomic E-state index is 6.34. The highest BCUT2D eigenvalue weighted by molar-refractivity contribution is 6.33. The molecule has 2 heterocycles. The number of benzene rings is 1. The molecule has 1 fully saturated rings. The van der Waals surface area contributed by atoms with Gasteiger partial charge in [0.25, 0.3) is 0 Å². The lowest BCUT2D eigenvalue weighted by molar-refractivity contribution is 0.172. The van der Waals surface area contributed by atoms with Crippen LogP contribution in [-0.4, -0.2) is 48.3 Å². The molecular formula is C17H23ClN4O2. The first kappa shape index (κ1) is 17.2. The van der Waals surface area contributed by atoms with Gasteiger partial charge in [-0.3, -0.25) is 4.90 Å². The lowest BCUT2D eigenvalue weighted by Gasteiger charge is -2.26. The smallest absolute Gasteiger partial charge is 0.243 e. The van der Waals surface area contributed by atoms with Crippen molar-refractivity contribution in [2.45, 2.75) is 26.0 Å². The van der Waals surface area contributed by atoms with Gasteiger partial charge in [-0.15, -0.1) is 0 Å². The van der Waals surface area contributed by atoms with Crippen molar-refractivity contribution < 1.29 is 9.26 Å². The number of ether oxygens (including phenoxy) is 1. The summed E-state index contributed by atoms with van der Waals surface area (Å²) in [7, 11) is 1.62. The number of hydrogen-bond acceptors (Lipinski definition) is 6. The molecule has 0 radical (unpaired) electrons. The van der Waals surface area contributed by atoms with E-state index in [4.69, 9.17) is 20.9 Å². The van der Waals surface area contributed by atoms with Gasteiger partial charge < -0.3 is 14.2 Å². The van der Waals surface area contributed by atoms with Gasteiger partial charge in [-0.2, -0.15) is 4.98 Å². The van der Waals surface area contributed by atoms with E-state index in [1.165, 1.54) is 0 Å². The summed E-state index contributed by atoms with van der Waals surface area (Å²) < 4.78 is 10.4. The Morgan fingerprint density at radius 1 is 1.25 bits per heavy atom. The Morgan fingerprint density at radius 3 is 2.88 bits per heavy atom. The maximum Gasteiger partial charge on any atom is 0.243 e. The SMILES string of the molecule is COCc1noc([C@H](C)N2CCCN(c3ccccc3Cl)CC2)n1. The molecule has 1 aromatic heterocycles. The number of para-hydroxylation sites is 1. The van der Waals surface area contributed by atoms with Crippen LogP contribution >= 0.6 is 11.6 Å². The van der Waals surface area contributed by atoms with Crippen molar-refractivity contribution in [1.29, 1.82) is 0 Å². The van der Waals surface area contributed by atoms with Crippen molar-refractivity contribution in [3.05, 3.63) is 41.0 Å². The van der Waals surface area contributed by atoms with Gasteiger partial charge in [0, 0.05) is 33.3 Å². The molecule has 0 N–H and O–H groups in total. The minimum Gasteiger partial charge on any atom is -0.377 e. The summed E-state index contributed by atoms with van der Waals surface area (Å²) in [5, 5.41) is 4.76. The van der Waals surface area contributed by atoms with Crippen molar-refractivity contribution in [3.63, 3.8) is 0 Å². The Kier molecular flexibility index (Phi) is 5.71. The molecule has 6 nitrogen and oxygen atoms in total. The van der Waals surface area contributed by atoms with Gasteiger partial charge in [-0.05, 0) is 25.5 Å². The van der Waals surface area contributed by atoms with E-state index in [-0.39, 0.29) is 6.04 Å². The van der Waals surface area contributed by atoms with Gasteiger partial charge in [0.2, 0.25) is 5.89 Å². The van der Waals surface area contributed by atoms with E-state index in [2.05, 4.69) is 32.9 Å². The number of nitrogens with zero attached hydrogens (tertiary/aromatic N) is 4. The second kappa shape index (κ2) is 7.96. The molecule has 0 saturated carbocycles. The minimum absolute atomic E-state index is 0.0919. The molecule has 3 rings (SSSR count). The standard InChI is InChI=1S/C17H23ClN4O2/c1-13(17-19-16(12-23-2)20-24-17)21-8-5-9-22(11-10-21)15-7-4-3-6-14(15)18/h3-4,6-7,13H,5,8-12H2,1-2H3/t13-/m0/s1. The highest BCUT2D eigenvalue weighted by Gasteiger charge is 2.24. The van der Waals surface area contributed by atoms with E-state index < -0.39 is 0 Å². The van der Waals surface area contributed by atoms with Crippen molar-refractivity contribution in [2.75, 3.05) is 38.2 Å². The third-order valence-electron chi connectivity index (χ3n) is 4.39. The summed E-state index contributed by atoms with van der Waals surface area (Å²) in [5.41, 5.74) is 1.11. The summed E-state index contributed by atoms with van der Waals surface area (Å²) in [6.07, 6.45) is 1.06. The van der Waals surface area contributed by atoms with E-state index in [9.17, 15) is 0 Å². The lowest BCUT2D eigenvalue weighted by atomic mass is 10.2. The fourth-order valence-electron chi connectivity index (χ4n) is 3.05. The molecule has 130 valence electrons. The molecule has 2 aromatic rings. The average molecular weight is 351 g/mol. The second-order valence-electron chi connectivity index (χ2n) is 5.99. The summed E-state index contributed by atoms with van der Waals surface area (Å²) in [6, 6.07) is 8.11. The molecule has 0 bridgehead atoms. The molecule has 7 heteroatoms. The van der Waals surface area contributed by atoms with Crippen LogP contribution in [0.4, 0.5) is 5.69 Å². The summed E-state index contributed by atoms with van der Waals surface area (Å²) in [5.74, 6) is 1.24. The zero-order valence-electron chi connectivity index (χ0n) is 14.1. The van der Waals surface area contributed by atoms with E-state index in [1.54, 1.807) is 7.11 Å². The molecule has 0 spiro atoms. The van der Waals surface area contributed by atoms with E-state index >= 15 is 0 Å². The van der Waals surface area contributed by atoms with Gasteiger partial charge >= 0.3 is 0 Å². The fraction of sp³-hybridized carbons (Fsp3) is 0.529. The number of aromatic nitrogens is 2. The van der Waals surface area contributed by atoms with Crippen LogP contribution in [0, 0.1) is 0 Å². The van der Waals surface area contributed by atoms with Crippen molar-refractivity contribution >= 4 is 17.3 Å². The lowest BCUT2D eigenvalue weighted by Crippen LogP contribution is -2.32. The number of hydrogen-bond donors (Lipinski definition) is 0. The zero-order chi connectivity index (χ0) is 16.9. The first-order chi connectivity index (χ1) is 11.7.